The summed E-state index contributed by atoms with van der Waals surface area (Å²) >= 11 is 0. The van der Waals surface area contributed by atoms with Crippen molar-refractivity contribution in [2.45, 2.75) is 6.42 Å². The molecule has 34 heavy (non-hydrogen) atoms. The fraction of sp³-hybridized carbons (Fsp3) is 0.320. The van der Waals surface area contributed by atoms with Gasteiger partial charge >= 0.3 is 6.03 Å². The van der Waals surface area contributed by atoms with Gasteiger partial charge in [-0.15, -0.1) is 0 Å². The van der Waals surface area contributed by atoms with Crippen molar-refractivity contribution in [1.29, 1.82) is 0 Å². The first-order chi connectivity index (χ1) is 16.7. The molecule has 2 aromatic carbocycles. The Morgan fingerprint density at radius 1 is 1.03 bits per heavy atom. The van der Waals surface area contributed by atoms with E-state index in [1.807, 2.05) is 42.5 Å². The van der Waals surface area contributed by atoms with E-state index < -0.39 is 0 Å². The van der Waals surface area contributed by atoms with Gasteiger partial charge in [0.05, 0.1) is 18.9 Å². The zero-order chi connectivity index (χ0) is 23.6. The van der Waals surface area contributed by atoms with Crippen molar-refractivity contribution in [2.75, 3.05) is 62.1 Å². The first kappa shape index (κ1) is 23.5. The van der Waals surface area contributed by atoms with Gasteiger partial charge in [0, 0.05) is 62.2 Å². The number of carbonyl (C=O) groups is 1. The van der Waals surface area contributed by atoms with Crippen LogP contribution in [0.3, 0.4) is 0 Å². The Kier molecular flexibility index (Phi) is 8.26. The van der Waals surface area contributed by atoms with Crippen molar-refractivity contribution < 1.29 is 14.3 Å². The van der Waals surface area contributed by atoms with Crippen LogP contribution in [0, 0.1) is 0 Å². The minimum Gasteiger partial charge on any atom is -0.385 e. The highest BCUT2D eigenvalue weighted by Crippen LogP contribution is 2.23. The molecule has 1 saturated heterocycles. The highest BCUT2D eigenvalue weighted by atomic mass is 16.5. The van der Waals surface area contributed by atoms with Gasteiger partial charge in [-0.05, 0) is 48.9 Å². The summed E-state index contributed by atoms with van der Waals surface area (Å²) in [4.78, 5) is 23.3. The van der Waals surface area contributed by atoms with E-state index >= 15 is 0 Å². The molecule has 1 aliphatic heterocycles. The lowest BCUT2D eigenvalue weighted by molar-refractivity contribution is 0.122. The number of methoxy groups -OCH3 is 1. The second-order valence-corrected chi connectivity index (χ2v) is 7.84. The molecule has 1 aromatic heterocycles. The Bertz CT molecular complexity index is 1050. The van der Waals surface area contributed by atoms with Crippen LogP contribution in [0.5, 0.6) is 0 Å². The summed E-state index contributed by atoms with van der Waals surface area (Å²) in [6, 6.07) is 17.4. The molecule has 3 aromatic rings. The van der Waals surface area contributed by atoms with Crippen LogP contribution in [0.25, 0.3) is 11.3 Å². The Hall–Kier alpha value is -3.69. The molecule has 2 amide bonds. The highest BCUT2D eigenvalue weighted by Gasteiger charge is 2.11. The Morgan fingerprint density at radius 3 is 2.50 bits per heavy atom. The molecule has 0 aliphatic carbocycles. The normalized spacial score (nSPS) is 13.4. The predicted octanol–water partition coefficient (Wildman–Crippen LogP) is 3.88. The molecule has 178 valence electrons. The van der Waals surface area contributed by atoms with Gasteiger partial charge in [-0.25, -0.2) is 14.8 Å². The third-order valence-corrected chi connectivity index (χ3v) is 5.40. The zero-order valence-electron chi connectivity index (χ0n) is 19.3. The van der Waals surface area contributed by atoms with E-state index in [0.29, 0.717) is 24.8 Å². The molecule has 0 spiro atoms. The number of ether oxygens (including phenoxy) is 2. The predicted molar refractivity (Wildman–Crippen MR) is 134 cm³/mol. The molecule has 9 nitrogen and oxygen atoms in total. The number of carbonyl (C=O) groups excluding carboxylic acids is 1. The summed E-state index contributed by atoms with van der Waals surface area (Å²) in [5.41, 5.74) is 4.53. The van der Waals surface area contributed by atoms with E-state index in [4.69, 9.17) is 9.47 Å². The van der Waals surface area contributed by atoms with Gasteiger partial charge in [-0.1, -0.05) is 12.1 Å². The third-order valence-electron chi connectivity index (χ3n) is 5.40. The van der Waals surface area contributed by atoms with Crippen LogP contribution >= 0.6 is 0 Å². The minimum atomic E-state index is -0.239. The van der Waals surface area contributed by atoms with Crippen molar-refractivity contribution in [3.8, 4) is 11.3 Å². The van der Waals surface area contributed by atoms with Crippen LogP contribution in [-0.4, -0.2) is 62.6 Å². The van der Waals surface area contributed by atoms with Crippen molar-refractivity contribution >= 4 is 29.0 Å². The van der Waals surface area contributed by atoms with E-state index in [0.717, 1.165) is 49.7 Å². The molecule has 1 aliphatic rings. The standard InChI is InChI=1S/C25H30N6O3/c1-33-16-2-12-27-25(32)29-21-5-3-19(4-6-21)23-11-13-26-24(30-23)28-20-7-9-22(10-8-20)31-14-17-34-18-15-31/h3-11,13H,2,12,14-18H2,1H3,(H,26,28,30)(H2,27,29,32). The number of nitrogens with one attached hydrogen (secondary N) is 3. The minimum absolute atomic E-state index is 0.239. The first-order valence-corrected chi connectivity index (χ1v) is 11.4. The molecule has 0 atom stereocenters. The molecule has 4 rings (SSSR count). The molecule has 3 N–H and O–H groups in total. The average molecular weight is 463 g/mol. The number of urea groups is 1. The van der Waals surface area contributed by atoms with Crippen LogP contribution in [0.1, 0.15) is 6.42 Å². The molecule has 2 heterocycles. The van der Waals surface area contributed by atoms with Gasteiger partial charge in [0.15, 0.2) is 0 Å². The lowest BCUT2D eigenvalue weighted by Crippen LogP contribution is -2.36. The molecule has 0 bridgehead atoms. The molecular weight excluding hydrogens is 432 g/mol. The molecular formula is C25H30N6O3. The summed E-state index contributed by atoms with van der Waals surface area (Å²) < 4.78 is 10.4. The monoisotopic (exact) mass is 462 g/mol. The fourth-order valence-electron chi connectivity index (χ4n) is 3.60. The number of anilines is 4. The van der Waals surface area contributed by atoms with Gasteiger partial charge in [-0.2, -0.15) is 0 Å². The number of morpholine rings is 1. The zero-order valence-corrected chi connectivity index (χ0v) is 19.3. The largest absolute Gasteiger partial charge is 0.385 e. The Labute approximate surface area is 199 Å². The van der Waals surface area contributed by atoms with Crippen molar-refractivity contribution in [3.05, 3.63) is 60.8 Å². The summed E-state index contributed by atoms with van der Waals surface area (Å²) in [7, 11) is 1.64. The topological polar surface area (TPSA) is 101 Å². The fourth-order valence-corrected chi connectivity index (χ4v) is 3.60. The van der Waals surface area contributed by atoms with Crippen LogP contribution in [-0.2, 0) is 9.47 Å². The second-order valence-electron chi connectivity index (χ2n) is 7.84. The van der Waals surface area contributed by atoms with Crippen LogP contribution in [0.2, 0.25) is 0 Å². The van der Waals surface area contributed by atoms with Crippen molar-refractivity contribution in [2.24, 2.45) is 0 Å². The van der Waals surface area contributed by atoms with E-state index in [9.17, 15) is 4.79 Å². The van der Waals surface area contributed by atoms with Crippen LogP contribution in [0.15, 0.2) is 60.8 Å². The number of amides is 2. The summed E-state index contributed by atoms with van der Waals surface area (Å²) in [6.45, 7) is 4.52. The van der Waals surface area contributed by atoms with Gasteiger partial charge < -0.3 is 30.3 Å². The molecule has 9 heteroatoms. The lowest BCUT2D eigenvalue weighted by Gasteiger charge is -2.28. The highest BCUT2D eigenvalue weighted by molar-refractivity contribution is 5.89. The third kappa shape index (κ3) is 6.66. The molecule has 1 fully saturated rings. The van der Waals surface area contributed by atoms with E-state index in [-0.39, 0.29) is 6.03 Å². The SMILES string of the molecule is COCCCNC(=O)Nc1ccc(-c2ccnc(Nc3ccc(N4CCOCC4)cc3)n2)cc1. The summed E-state index contributed by atoms with van der Waals surface area (Å²) in [6.07, 6.45) is 2.50. The van der Waals surface area contributed by atoms with E-state index in [1.165, 1.54) is 5.69 Å². The Balaban J connectivity index is 1.34. The Morgan fingerprint density at radius 2 is 1.76 bits per heavy atom. The van der Waals surface area contributed by atoms with Crippen molar-refractivity contribution in [3.63, 3.8) is 0 Å². The van der Waals surface area contributed by atoms with Gasteiger partial charge in [0.2, 0.25) is 5.95 Å². The first-order valence-electron chi connectivity index (χ1n) is 11.4. The number of aromatic nitrogens is 2. The van der Waals surface area contributed by atoms with Crippen molar-refractivity contribution in [1.82, 2.24) is 15.3 Å². The number of nitrogens with zero attached hydrogens (tertiary/aromatic N) is 3. The van der Waals surface area contributed by atoms with E-state index in [1.54, 1.807) is 13.3 Å². The number of hydrogen-bond donors (Lipinski definition) is 3. The maximum Gasteiger partial charge on any atom is 0.319 e. The molecule has 0 unspecified atom stereocenters. The van der Waals surface area contributed by atoms with Gasteiger partial charge in [0.25, 0.3) is 0 Å². The number of benzene rings is 2. The maximum atomic E-state index is 12.0. The van der Waals surface area contributed by atoms with E-state index in [2.05, 4.69) is 43.0 Å². The summed E-state index contributed by atoms with van der Waals surface area (Å²) in [5, 5.41) is 8.89. The van der Waals surface area contributed by atoms with Gasteiger partial charge in [-0.3, -0.25) is 0 Å². The average Bonchev–Trinajstić information content (AvgIpc) is 2.88. The molecule has 0 radical (unpaired) electrons. The molecule has 0 saturated carbocycles. The quantitative estimate of drug-likeness (QED) is 0.415. The smallest absolute Gasteiger partial charge is 0.319 e. The number of hydrogen-bond acceptors (Lipinski definition) is 7. The lowest BCUT2D eigenvalue weighted by atomic mass is 10.1. The van der Waals surface area contributed by atoms with Crippen LogP contribution < -0.4 is 20.9 Å². The maximum absolute atomic E-state index is 12.0. The summed E-state index contributed by atoms with van der Waals surface area (Å²) in [5.74, 6) is 0.522. The second kappa shape index (κ2) is 12.0. The van der Waals surface area contributed by atoms with Crippen LogP contribution in [0.4, 0.5) is 27.8 Å². The van der Waals surface area contributed by atoms with Gasteiger partial charge in [0.1, 0.15) is 0 Å². The number of rotatable bonds is 9.